The topological polar surface area (TPSA) is 95.8 Å². The summed E-state index contributed by atoms with van der Waals surface area (Å²) >= 11 is 0. The zero-order valence-corrected chi connectivity index (χ0v) is 17.7. The molecule has 0 unspecified atom stereocenters. The van der Waals surface area contributed by atoms with Crippen LogP contribution in [0.1, 0.15) is 36.8 Å². The number of rotatable bonds is 6. The minimum absolute atomic E-state index is 0.0970. The van der Waals surface area contributed by atoms with E-state index in [4.69, 9.17) is 10.1 Å². The first-order valence-corrected chi connectivity index (χ1v) is 10.9. The molecule has 5 rings (SSSR count). The van der Waals surface area contributed by atoms with Crippen LogP contribution in [-0.4, -0.2) is 66.2 Å². The Morgan fingerprint density at radius 1 is 1.19 bits per heavy atom. The van der Waals surface area contributed by atoms with Crippen LogP contribution in [0.5, 0.6) is 0 Å². The number of piperidine rings is 1. The zero-order valence-electron chi connectivity index (χ0n) is 17.7. The van der Waals surface area contributed by atoms with Crippen LogP contribution in [0.4, 0.5) is 0 Å². The summed E-state index contributed by atoms with van der Waals surface area (Å²) in [5.41, 5.74) is 4.07. The molecule has 0 bridgehead atoms. The van der Waals surface area contributed by atoms with E-state index in [-0.39, 0.29) is 6.61 Å². The van der Waals surface area contributed by atoms with Gasteiger partial charge in [0.15, 0.2) is 11.6 Å². The van der Waals surface area contributed by atoms with Gasteiger partial charge in [0.2, 0.25) is 0 Å². The molecule has 1 aromatic carbocycles. The predicted molar refractivity (Wildman–Crippen MR) is 119 cm³/mol. The van der Waals surface area contributed by atoms with Gasteiger partial charge in [0, 0.05) is 30.5 Å². The lowest BCUT2D eigenvalue weighted by atomic mass is 9.88. The lowest BCUT2D eigenvalue weighted by molar-refractivity contribution is 0.222. The van der Waals surface area contributed by atoms with Gasteiger partial charge < -0.3 is 10.0 Å². The van der Waals surface area contributed by atoms with Crippen molar-refractivity contribution < 1.29 is 5.11 Å². The van der Waals surface area contributed by atoms with E-state index in [0.29, 0.717) is 24.0 Å². The molecule has 1 aliphatic heterocycles. The van der Waals surface area contributed by atoms with E-state index in [0.717, 1.165) is 41.8 Å². The van der Waals surface area contributed by atoms with Crippen LogP contribution in [0.25, 0.3) is 28.2 Å². The van der Waals surface area contributed by atoms with Gasteiger partial charge in [-0.25, -0.2) is 14.6 Å². The van der Waals surface area contributed by atoms with Crippen LogP contribution in [0.2, 0.25) is 0 Å². The van der Waals surface area contributed by atoms with E-state index < -0.39 is 0 Å². The zero-order chi connectivity index (χ0) is 21.2. The average Bonchev–Trinajstić information content (AvgIpc) is 3.46. The third kappa shape index (κ3) is 3.96. The number of hydrogen-bond acceptors (Lipinski definition) is 6. The first-order valence-electron chi connectivity index (χ1n) is 10.9. The fourth-order valence-corrected chi connectivity index (χ4v) is 4.37. The summed E-state index contributed by atoms with van der Waals surface area (Å²) in [6.45, 7) is 5.77. The maximum absolute atomic E-state index is 9.13. The number of likely N-dealkylation sites (tertiary alicyclic amines) is 1. The van der Waals surface area contributed by atoms with Crippen LogP contribution < -0.4 is 0 Å². The summed E-state index contributed by atoms with van der Waals surface area (Å²) in [7, 11) is 0. The summed E-state index contributed by atoms with van der Waals surface area (Å²) in [5, 5.41) is 22.2. The van der Waals surface area contributed by atoms with Crippen molar-refractivity contribution in [3.8, 4) is 17.3 Å². The molecule has 1 saturated heterocycles. The molecule has 0 saturated carbocycles. The number of benzene rings is 1. The average molecular weight is 418 g/mol. The minimum atomic E-state index is 0.0970. The van der Waals surface area contributed by atoms with E-state index in [1.807, 2.05) is 12.3 Å². The van der Waals surface area contributed by atoms with Gasteiger partial charge in [-0.15, -0.1) is 0 Å². The van der Waals surface area contributed by atoms with E-state index in [1.165, 1.54) is 18.4 Å². The largest absolute Gasteiger partial charge is 0.396 e. The summed E-state index contributed by atoms with van der Waals surface area (Å²) in [4.78, 5) is 11.7. The van der Waals surface area contributed by atoms with E-state index >= 15 is 0 Å². The van der Waals surface area contributed by atoms with Gasteiger partial charge in [-0.3, -0.25) is 5.10 Å². The molecule has 4 heterocycles. The molecule has 4 aromatic rings. The molecule has 0 aliphatic carbocycles. The van der Waals surface area contributed by atoms with Gasteiger partial charge in [-0.1, -0.05) is 13.0 Å². The Morgan fingerprint density at radius 3 is 2.87 bits per heavy atom. The van der Waals surface area contributed by atoms with Crippen molar-refractivity contribution in [3.63, 3.8) is 0 Å². The SMILES string of the molecule is CCN1CCC(c2ccc3[nH]nc(-c4nccc(-n5cc(CCO)cn5)n4)c3c2)CC1. The molecule has 8 heteroatoms. The standard InChI is InChI=1S/C23H27N7O/c1-2-29-10-6-17(7-11-29)18-3-4-20-19(13-18)22(28-27-20)23-24-9-5-21(26-23)30-15-16(8-12-31)14-25-30/h3-5,9,13-15,17,31H,2,6-8,10-12H2,1H3,(H,27,28). The second-order valence-electron chi connectivity index (χ2n) is 8.09. The Morgan fingerprint density at radius 2 is 2.06 bits per heavy atom. The number of aromatic amines is 1. The second-order valence-corrected chi connectivity index (χ2v) is 8.09. The highest BCUT2D eigenvalue weighted by molar-refractivity contribution is 5.91. The second kappa shape index (κ2) is 8.56. The van der Waals surface area contributed by atoms with Gasteiger partial charge in [-0.05, 0) is 68.1 Å². The predicted octanol–water partition coefficient (Wildman–Crippen LogP) is 2.94. The normalized spacial score (nSPS) is 15.7. The quantitative estimate of drug-likeness (QED) is 0.501. The Balaban J connectivity index is 1.46. The summed E-state index contributed by atoms with van der Waals surface area (Å²) in [5.74, 6) is 1.82. The van der Waals surface area contributed by atoms with E-state index in [1.54, 1.807) is 17.1 Å². The van der Waals surface area contributed by atoms with Gasteiger partial charge in [0.1, 0.15) is 5.69 Å². The smallest absolute Gasteiger partial charge is 0.182 e. The third-order valence-electron chi connectivity index (χ3n) is 6.22. The molecule has 31 heavy (non-hydrogen) atoms. The molecule has 160 valence electrons. The number of hydrogen-bond donors (Lipinski definition) is 2. The van der Waals surface area contributed by atoms with Crippen molar-refractivity contribution in [2.75, 3.05) is 26.2 Å². The summed E-state index contributed by atoms with van der Waals surface area (Å²) in [6, 6.07) is 8.41. The van der Waals surface area contributed by atoms with Crippen molar-refractivity contribution in [2.24, 2.45) is 0 Å². The number of H-pyrrole nitrogens is 1. The molecule has 0 spiro atoms. The molecule has 0 atom stereocenters. The Kier molecular flexibility index (Phi) is 5.48. The highest BCUT2D eigenvalue weighted by Gasteiger charge is 2.21. The lowest BCUT2D eigenvalue weighted by Gasteiger charge is -2.31. The monoisotopic (exact) mass is 417 g/mol. The Hall–Kier alpha value is -3.10. The minimum Gasteiger partial charge on any atom is -0.396 e. The van der Waals surface area contributed by atoms with Crippen molar-refractivity contribution in [2.45, 2.75) is 32.1 Å². The molecule has 0 radical (unpaired) electrons. The Labute approximate surface area is 181 Å². The van der Waals surface area contributed by atoms with Crippen LogP contribution in [0.3, 0.4) is 0 Å². The van der Waals surface area contributed by atoms with Gasteiger partial charge in [0.05, 0.1) is 11.7 Å². The van der Waals surface area contributed by atoms with Crippen molar-refractivity contribution >= 4 is 10.9 Å². The summed E-state index contributed by atoms with van der Waals surface area (Å²) in [6.07, 6.45) is 8.31. The number of fused-ring (bicyclic) bond motifs is 1. The third-order valence-corrected chi connectivity index (χ3v) is 6.22. The number of aliphatic hydroxyl groups is 1. The molecule has 1 fully saturated rings. The first kappa shape index (κ1) is 19.8. The van der Waals surface area contributed by atoms with Crippen molar-refractivity contribution in [1.82, 2.24) is 34.8 Å². The first-order chi connectivity index (χ1) is 15.2. The number of nitrogens with zero attached hydrogens (tertiary/aromatic N) is 6. The van der Waals surface area contributed by atoms with Crippen LogP contribution >= 0.6 is 0 Å². The molecule has 3 aromatic heterocycles. The van der Waals surface area contributed by atoms with Crippen molar-refractivity contribution in [1.29, 1.82) is 0 Å². The van der Waals surface area contributed by atoms with Crippen molar-refractivity contribution in [3.05, 3.63) is 54.0 Å². The van der Waals surface area contributed by atoms with E-state index in [9.17, 15) is 0 Å². The van der Waals surface area contributed by atoms with Gasteiger partial charge in [-0.2, -0.15) is 10.2 Å². The number of aliphatic hydroxyl groups excluding tert-OH is 1. The van der Waals surface area contributed by atoms with Gasteiger partial charge >= 0.3 is 0 Å². The van der Waals surface area contributed by atoms with Crippen LogP contribution in [0.15, 0.2) is 42.9 Å². The number of nitrogens with one attached hydrogen (secondary N) is 1. The lowest BCUT2D eigenvalue weighted by Crippen LogP contribution is -2.32. The van der Waals surface area contributed by atoms with Gasteiger partial charge in [0.25, 0.3) is 0 Å². The van der Waals surface area contributed by atoms with Crippen LogP contribution in [-0.2, 0) is 6.42 Å². The molecule has 1 aliphatic rings. The molecule has 0 amide bonds. The summed E-state index contributed by atoms with van der Waals surface area (Å²) < 4.78 is 1.71. The highest BCUT2D eigenvalue weighted by atomic mass is 16.3. The molecular weight excluding hydrogens is 390 g/mol. The molecular formula is C23H27N7O. The molecule has 2 N–H and O–H groups in total. The Bertz CT molecular complexity index is 1170. The fraction of sp³-hybridized carbons (Fsp3) is 0.391. The maximum atomic E-state index is 9.13. The van der Waals surface area contributed by atoms with E-state index in [2.05, 4.69) is 50.3 Å². The number of aromatic nitrogens is 6. The maximum Gasteiger partial charge on any atom is 0.182 e. The highest BCUT2D eigenvalue weighted by Crippen LogP contribution is 2.32. The molecule has 8 nitrogen and oxygen atoms in total. The van der Waals surface area contributed by atoms with Crippen LogP contribution in [0, 0.1) is 0 Å². The fourth-order valence-electron chi connectivity index (χ4n) is 4.37.